The van der Waals surface area contributed by atoms with E-state index in [4.69, 9.17) is 0 Å². The predicted molar refractivity (Wildman–Crippen MR) is 44.4 cm³/mol. The van der Waals surface area contributed by atoms with Crippen LogP contribution in [0.1, 0.15) is 22.8 Å². The van der Waals surface area contributed by atoms with Crippen molar-refractivity contribution in [3.8, 4) is 0 Å². The fourth-order valence-corrected chi connectivity index (χ4v) is 0.894. The minimum Gasteiger partial charge on any atom is -0.462 e. The number of hydrogen-bond donors (Lipinski definition) is 1. The van der Waals surface area contributed by atoms with Crippen molar-refractivity contribution in [3.63, 3.8) is 0 Å². The number of nitrogens with one attached hydrogen (secondary N) is 1. The van der Waals surface area contributed by atoms with Gasteiger partial charge in [-0.25, -0.2) is 9.89 Å². The van der Waals surface area contributed by atoms with Crippen molar-refractivity contribution in [2.75, 3.05) is 6.61 Å². The standard InChI is InChI=1S/C8H9N2O3/c1-3-13-8(12)6-5(2)4-9-10-7(6)11/h3H2,1-2H3,(H,10,11). The van der Waals surface area contributed by atoms with Crippen LogP contribution in [0.3, 0.4) is 0 Å². The first-order valence-corrected chi connectivity index (χ1v) is 3.81. The van der Waals surface area contributed by atoms with E-state index in [0.29, 0.717) is 5.56 Å². The van der Waals surface area contributed by atoms with Crippen molar-refractivity contribution in [2.45, 2.75) is 13.8 Å². The Balaban J connectivity index is 3.13. The number of H-pyrrole nitrogens is 1. The van der Waals surface area contributed by atoms with Crippen molar-refractivity contribution in [2.24, 2.45) is 0 Å². The summed E-state index contributed by atoms with van der Waals surface area (Å²) in [7, 11) is 0. The first kappa shape index (κ1) is 9.44. The molecule has 0 fully saturated rings. The lowest BCUT2D eigenvalue weighted by atomic mass is 10.2. The zero-order valence-corrected chi connectivity index (χ0v) is 7.38. The average Bonchev–Trinajstić information content (AvgIpc) is 2.04. The molecular formula is C8H9N2O3. The monoisotopic (exact) mass is 181 g/mol. The van der Waals surface area contributed by atoms with E-state index in [1.54, 1.807) is 13.8 Å². The van der Waals surface area contributed by atoms with Crippen LogP contribution < -0.4 is 5.56 Å². The van der Waals surface area contributed by atoms with Crippen molar-refractivity contribution in [1.82, 2.24) is 10.2 Å². The van der Waals surface area contributed by atoms with Crippen LogP contribution in [-0.4, -0.2) is 22.8 Å². The molecule has 0 atom stereocenters. The zero-order valence-electron chi connectivity index (χ0n) is 7.38. The van der Waals surface area contributed by atoms with Gasteiger partial charge >= 0.3 is 5.97 Å². The highest BCUT2D eigenvalue weighted by molar-refractivity contribution is 5.90. The van der Waals surface area contributed by atoms with E-state index < -0.39 is 11.5 Å². The topological polar surface area (TPSA) is 72.0 Å². The maximum Gasteiger partial charge on any atom is 0.344 e. The lowest BCUT2D eigenvalue weighted by Gasteiger charge is -2.01. The van der Waals surface area contributed by atoms with Crippen LogP contribution in [0.2, 0.25) is 0 Å². The highest BCUT2D eigenvalue weighted by atomic mass is 16.5. The van der Waals surface area contributed by atoms with Crippen LogP contribution in [0, 0.1) is 13.1 Å². The maximum atomic E-state index is 11.2. The lowest BCUT2D eigenvalue weighted by molar-refractivity contribution is 0.0523. The summed E-state index contributed by atoms with van der Waals surface area (Å²) in [4.78, 5) is 22.3. The highest BCUT2D eigenvalue weighted by Gasteiger charge is 2.14. The molecule has 0 aliphatic heterocycles. The van der Waals surface area contributed by atoms with Gasteiger partial charge in [-0.15, -0.1) is 0 Å². The molecule has 0 aliphatic rings. The SMILES string of the molecule is CCOC(=O)c1c(C)[c]n[nH]c1=O. The molecule has 0 aromatic carbocycles. The molecule has 1 radical (unpaired) electrons. The first-order valence-electron chi connectivity index (χ1n) is 3.81. The van der Waals surface area contributed by atoms with E-state index in [1.165, 1.54) is 0 Å². The third kappa shape index (κ3) is 1.93. The molecule has 1 aromatic rings. The van der Waals surface area contributed by atoms with Crippen molar-refractivity contribution >= 4 is 5.97 Å². The Morgan fingerprint density at radius 2 is 2.38 bits per heavy atom. The molecule has 0 bridgehead atoms. The predicted octanol–water partition coefficient (Wildman–Crippen LogP) is 0.0552. The van der Waals surface area contributed by atoms with Gasteiger partial charge in [0, 0.05) is 0 Å². The Morgan fingerprint density at radius 3 is 2.92 bits per heavy atom. The summed E-state index contributed by atoms with van der Waals surface area (Å²) < 4.78 is 4.68. The fourth-order valence-electron chi connectivity index (χ4n) is 0.894. The van der Waals surface area contributed by atoms with E-state index in [9.17, 15) is 9.59 Å². The molecule has 1 rings (SSSR count). The van der Waals surface area contributed by atoms with Crippen LogP contribution >= 0.6 is 0 Å². The Morgan fingerprint density at radius 1 is 1.69 bits per heavy atom. The van der Waals surface area contributed by atoms with E-state index in [-0.39, 0.29) is 12.2 Å². The third-order valence-corrected chi connectivity index (χ3v) is 1.46. The largest absolute Gasteiger partial charge is 0.462 e. The Hall–Kier alpha value is -1.65. The summed E-state index contributed by atoms with van der Waals surface area (Å²) in [6.07, 6.45) is 2.47. The first-order chi connectivity index (χ1) is 6.16. The fraction of sp³-hybridized carbons (Fsp3) is 0.375. The molecule has 5 heteroatoms. The smallest absolute Gasteiger partial charge is 0.344 e. The maximum absolute atomic E-state index is 11.2. The van der Waals surface area contributed by atoms with Gasteiger partial charge < -0.3 is 4.74 Å². The average molecular weight is 181 g/mol. The molecule has 1 aromatic heterocycles. The normalized spacial score (nSPS) is 9.69. The van der Waals surface area contributed by atoms with Gasteiger partial charge in [-0.1, -0.05) is 0 Å². The number of carbonyl (C=O) groups excluding carboxylic acids is 1. The number of esters is 1. The number of aryl methyl sites for hydroxylation is 1. The second-order valence-corrected chi connectivity index (χ2v) is 2.39. The summed E-state index contributed by atoms with van der Waals surface area (Å²) in [6.45, 7) is 3.49. The summed E-state index contributed by atoms with van der Waals surface area (Å²) >= 11 is 0. The molecule has 0 saturated carbocycles. The number of ether oxygens (including phenoxy) is 1. The van der Waals surface area contributed by atoms with Gasteiger partial charge in [0.1, 0.15) is 11.8 Å². The van der Waals surface area contributed by atoms with Crippen molar-refractivity contribution in [1.29, 1.82) is 0 Å². The van der Waals surface area contributed by atoms with Gasteiger partial charge in [0.05, 0.1) is 6.61 Å². The van der Waals surface area contributed by atoms with Crippen molar-refractivity contribution < 1.29 is 9.53 Å². The minimum absolute atomic E-state index is 0.0307. The molecule has 1 heterocycles. The summed E-state index contributed by atoms with van der Waals surface area (Å²) in [5, 5.41) is 5.53. The molecule has 69 valence electrons. The van der Waals surface area contributed by atoms with Gasteiger partial charge in [0.2, 0.25) is 0 Å². The zero-order chi connectivity index (χ0) is 9.84. The number of nitrogens with zero attached hydrogens (tertiary/aromatic N) is 1. The van der Waals surface area contributed by atoms with Gasteiger partial charge in [-0.2, -0.15) is 5.10 Å². The molecule has 5 nitrogen and oxygen atoms in total. The Kier molecular flexibility index (Phi) is 2.79. The number of rotatable bonds is 2. The minimum atomic E-state index is -0.639. The summed E-state index contributed by atoms with van der Waals surface area (Å²) in [5.74, 6) is -0.639. The molecule has 0 aliphatic carbocycles. The van der Waals surface area contributed by atoms with Gasteiger partial charge in [0.15, 0.2) is 0 Å². The third-order valence-electron chi connectivity index (χ3n) is 1.46. The molecule has 0 amide bonds. The van der Waals surface area contributed by atoms with E-state index in [1.807, 2.05) is 0 Å². The molecule has 1 N–H and O–H groups in total. The number of hydrogen-bond acceptors (Lipinski definition) is 4. The van der Waals surface area contributed by atoms with Gasteiger partial charge in [-0.3, -0.25) is 4.79 Å². The van der Waals surface area contributed by atoms with Gasteiger partial charge in [-0.05, 0) is 19.4 Å². The lowest BCUT2D eigenvalue weighted by Crippen LogP contribution is -2.22. The molecular weight excluding hydrogens is 172 g/mol. The summed E-state index contributed by atoms with van der Waals surface area (Å²) in [6, 6.07) is 0. The molecule has 0 unspecified atom stereocenters. The number of carbonyl (C=O) groups is 1. The molecule has 0 saturated heterocycles. The van der Waals surface area contributed by atoms with Gasteiger partial charge in [0.25, 0.3) is 5.56 Å². The number of aromatic nitrogens is 2. The second-order valence-electron chi connectivity index (χ2n) is 2.39. The van der Waals surface area contributed by atoms with Crippen LogP contribution in [-0.2, 0) is 4.74 Å². The quantitative estimate of drug-likeness (QED) is 0.654. The highest BCUT2D eigenvalue weighted by Crippen LogP contribution is 1.99. The second kappa shape index (κ2) is 3.84. The van der Waals surface area contributed by atoms with Crippen molar-refractivity contribution in [3.05, 3.63) is 27.7 Å². The van der Waals surface area contributed by atoms with E-state index in [2.05, 4.69) is 21.1 Å². The van der Waals surface area contributed by atoms with Crippen LogP contribution in [0.25, 0.3) is 0 Å². The Bertz CT molecular complexity index is 370. The van der Waals surface area contributed by atoms with Crippen LogP contribution in [0.15, 0.2) is 4.79 Å². The van der Waals surface area contributed by atoms with Crippen LogP contribution in [0.4, 0.5) is 0 Å². The molecule has 0 spiro atoms. The summed E-state index contributed by atoms with van der Waals surface area (Å²) in [5.41, 5.74) is -0.186. The number of aromatic amines is 1. The molecule has 13 heavy (non-hydrogen) atoms. The Labute approximate surface area is 74.7 Å². The van der Waals surface area contributed by atoms with E-state index in [0.717, 1.165) is 0 Å². The van der Waals surface area contributed by atoms with Crippen LogP contribution in [0.5, 0.6) is 0 Å². The van der Waals surface area contributed by atoms with E-state index >= 15 is 0 Å².